The fourth-order valence-corrected chi connectivity index (χ4v) is 7.69. The van der Waals surface area contributed by atoms with Crippen molar-refractivity contribution in [3.05, 3.63) is 48.5 Å². The zero-order valence-electron chi connectivity index (χ0n) is 31.5. The number of hydrogen-bond donors (Lipinski definition) is 3. The molecule has 3 aliphatic rings. The number of nitrogens with one attached hydrogen (secondary N) is 1. The number of nitrogens with two attached hydrogens (primary N) is 1. The summed E-state index contributed by atoms with van der Waals surface area (Å²) < 4.78 is 34.2. The van der Waals surface area contributed by atoms with Crippen LogP contribution in [0.15, 0.2) is 43.0 Å². The van der Waals surface area contributed by atoms with E-state index < -0.39 is 42.3 Å². The minimum Gasteiger partial charge on any atom is -0.497 e. The van der Waals surface area contributed by atoms with Crippen LogP contribution in [0.5, 0.6) is 11.5 Å². The zero-order chi connectivity index (χ0) is 38.3. The van der Waals surface area contributed by atoms with Gasteiger partial charge in [0.15, 0.2) is 18.1 Å². The smallest absolute Gasteiger partial charge is 0.320 e. The van der Waals surface area contributed by atoms with E-state index in [1.54, 1.807) is 23.8 Å². The number of carbonyl (C=O) groups is 2. The molecule has 17 nitrogen and oxygen atoms in total. The summed E-state index contributed by atoms with van der Waals surface area (Å²) in [6.45, 7) is 5.80. The Morgan fingerprint density at radius 1 is 1.11 bits per heavy atom. The number of likely N-dealkylation sites (tertiary alicyclic amines) is 1. The highest BCUT2D eigenvalue weighted by Gasteiger charge is 2.59. The molecule has 1 aromatic carbocycles. The fraction of sp³-hybridized carbons (Fsp3) is 0.541. The molecule has 3 aromatic heterocycles. The summed E-state index contributed by atoms with van der Waals surface area (Å²) in [4.78, 5) is 39.7. The molecule has 54 heavy (non-hydrogen) atoms. The number of aromatic nitrogens is 5. The van der Waals surface area contributed by atoms with E-state index in [1.165, 1.54) is 6.33 Å². The van der Waals surface area contributed by atoms with Gasteiger partial charge in [0.25, 0.3) is 5.91 Å². The molecule has 0 saturated carbocycles. The molecular weight excluding hydrogens is 698 g/mol. The van der Waals surface area contributed by atoms with Crippen LogP contribution >= 0.6 is 0 Å². The molecule has 3 aliphatic heterocycles. The van der Waals surface area contributed by atoms with Crippen LogP contribution in [-0.4, -0.2) is 128 Å². The van der Waals surface area contributed by atoms with Gasteiger partial charge in [-0.25, -0.2) is 9.97 Å². The lowest BCUT2D eigenvalue weighted by Crippen LogP contribution is -2.53. The van der Waals surface area contributed by atoms with Crippen LogP contribution in [0.25, 0.3) is 22.3 Å². The maximum Gasteiger partial charge on any atom is 0.320 e. The Morgan fingerprint density at radius 2 is 1.87 bits per heavy atom. The summed E-state index contributed by atoms with van der Waals surface area (Å²) in [5.41, 5.74) is 8.80. The Labute approximate surface area is 313 Å². The van der Waals surface area contributed by atoms with E-state index >= 15 is 0 Å². The third-order valence-electron chi connectivity index (χ3n) is 10.5. The monoisotopic (exact) mass is 747 g/mol. The van der Waals surface area contributed by atoms with Crippen molar-refractivity contribution in [3.8, 4) is 22.8 Å². The zero-order valence-corrected chi connectivity index (χ0v) is 31.5. The summed E-state index contributed by atoms with van der Waals surface area (Å²) in [5.74, 6) is -0.498. The largest absolute Gasteiger partial charge is 0.497 e. The van der Waals surface area contributed by atoms with Crippen LogP contribution in [0.4, 0.5) is 5.82 Å². The van der Waals surface area contributed by atoms with Crippen molar-refractivity contribution in [1.82, 2.24) is 34.1 Å². The second-order valence-electron chi connectivity index (χ2n) is 14.6. The van der Waals surface area contributed by atoms with Crippen LogP contribution in [0.1, 0.15) is 44.9 Å². The van der Waals surface area contributed by atoms with Crippen molar-refractivity contribution in [2.45, 2.75) is 82.1 Å². The average Bonchev–Trinajstić information content (AvgIpc) is 3.92. The number of methoxy groups -OCH3 is 2. The number of anilines is 1. The van der Waals surface area contributed by atoms with Crippen molar-refractivity contribution >= 4 is 28.7 Å². The number of benzene rings is 1. The normalized spacial score (nSPS) is 23.3. The highest BCUT2D eigenvalue weighted by Crippen LogP contribution is 2.46. The molecule has 0 spiro atoms. The lowest BCUT2D eigenvalue weighted by atomic mass is 10.0. The molecule has 7 rings (SSSR count). The number of hydrogen-bond acceptors (Lipinski definition) is 13. The predicted molar refractivity (Wildman–Crippen MR) is 197 cm³/mol. The highest BCUT2D eigenvalue weighted by molar-refractivity contribution is 6.00. The maximum absolute atomic E-state index is 14.7. The molecule has 3 fully saturated rings. The van der Waals surface area contributed by atoms with E-state index in [1.807, 2.05) is 69.2 Å². The van der Waals surface area contributed by atoms with Crippen molar-refractivity contribution in [2.75, 3.05) is 46.2 Å². The third-order valence-corrected chi connectivity index (χ3v) is 10.5. The molecule has 6 heterocycles. The number of rotatable bonds is 13. The first kappa shape index (κ1) is 37.5. The predicted octanol–water partition coefficient (Wildman–Crippen LogP) is 2.60. The van der Waals surface area contributed by atoms with Gasteiger partial charge in [0, 0.05) is 55.8 Å². The molecular formula is C37H49N9O8. The minimum absolute atomic E-state index is 0.102. The highest BCUT2D eigenvalue weighted by atomic mass is 16.8. The first-order valence-corrected chi connectivity index (χ1v) is 18.2. The topological polar surface area (TPSA) is 194 Å². The second kappa shape index (κ2) is 15.1. The Bertz CT molecular complexity index is 1990. The van der Waals surface area contributed by atoms with Gasteiger partial charge in [0.05, 0.1) is 25.3 Å². The average molecular weight is 748 g/mol. The number of carboxylic acid groups (broad SMARTS) is 1. The molecule has 3 saturated heterocycles. The molecule has 17 heteroatoms. The van der Waals surface area contributed by atoms with Crippen molar-refractivity contribution in [2.24, 2.45) is 12.8 Å². The van der Waals surface area contributed by atoms with E-state index in [9.17, 15) is 14.7 Å². The summed E-state index contributed by atoms with van der Waals surface area (Å²) >= 11 is 0. The maximum atomic E-state index is 14.7. The number of amides is 1. The molecule has 0 bridgehead atoms. The van der Waals surface area contributed by atoms with Gasteiger partial charge in [-0.2, -0.15) is 5.10 Å². The summed E-state index contributed by atoms with van der Waals surface area (Å²) in [6, 6.07) is 6.32. The lowest BCUT2D eigenvalue weighted by molar-refractivity contribution is -0.201. The third kappa shape index (κ3) is 7.33. The van der Waals surface area contributed by atoms with Gasteiger partial charge in [-0.15, -0.1) is 0 Å². The molecule has 0 aliphatic carbocycles. The van der Waals surface area contributed by atoms with Gasteiger partial charge in [-0.05, 0) is 71.4 Å². The van der Waals surface area contributed by atoms with Gasteiger partial charge in [0.2, 0.25) is 0 Å². The number of piperidine rings is 1. The fourth-order valence-electron chi connectivity index (χ4n) is 7.69. The number of ether oxygens (including phenoxy) is 5. The van der Waals surface area contributed by atoms with Gasteiger partial charge in [-0.3, -0.25) is 14.3 Å². The number of aliphatic carboxylic acids is 1. The molecule has 5 atom stereocenters. The Balaban J connectivity index is 1.26. The summed E-state index contributed by atoms with van der Waals surface area (Å²) in [6.07, 6.45) is 3.52. The summed E-state index contributed by atoms with van der Waals surface area (Å²) in [5, 5.41) is 18.4. The minimum atomic E-state index is -1.11. The van der Waals surface area contributed by atoms with E-state index in [4.69, 9.17) is 39.5 Å². The first-order valence-electron chi connectivity index (χ1n) is 18.2. The molecule has 1 amide bonds. The number of carboxylic acids is 1. The Kier molecular flexibility index (Phi) is 10.5. The lowest BCUT2D eigenvalue weighted by Gasteiger charge is -2.39. The standard InChI is InChI=1S/C37H49N9O8/c1-37(2)53-29-30(34(47)45(16-11-25(38)36(48)49)22-9-13-43(3)14-10-22)52-35(31(29)54-37)46-19-24(26-12-15-44(4)42-26)28-32(40-20-41-33(28)46)39-18-21-7-8-23(50-5)17-27(21)51-6/h7-8,12,15,17,19-20,22,25,29-31,35H,9-11,13-14,16,18,38H2,1-6H3,(H,48,49)(H,39,40,41)/t25-,29+,30-,31+,35+/m0/s1. The van der Waals surface area contributed by atoms with Crippen LogP contribution in [0, 0.1) is 0 Å². The Morgan fingerprint density at radius 3 is 2.56 bits per heavy atom. The van der Waals surface area contributed by atoms with E-state index in [0.717, 1.165) is 37.1 Å². The van der Waals surface area contributed by atoms with Crippen LogP contribution < -0.4 is 20.5 Å². The number of aryl methyl sites for hydroxylation is 1. The number of fused-ring (bicyclic) bond motifs is 2. The molecule has 0 radical (unpaired) electrons. The number of carbonyl (C=O) groups excluding carboxylic acids is 1. The van der Waals surface area contributed by atoms with Gasteiger partial charge in [-0.1, -0.05) is 0 Å². The van der Waals surface area contributed by atoms with Gasteiger partial charge < -0.3 is 54.2 Å². The second-order valence-corrected chi connectivity index (χ2v) is 14.6. The summed E-state index contributed by atoms with van der Waals surface area (Å²) in [7, 11) is 7.11. The van der Waals surface area contributed by atoms with E-state index in [-0.39, 0.29) is 24.9 Å². The van der Waals surface area contributed by atoms with Gasteiger partial charge >= 0.3 is 5.97 Å². The molecule has 290 valence electrons. The van der Waals surface area contributed by atoms with Gasteiger partial charge in [0.1, 0.15) is 47.5 Å². The van der Waals surface area contributed by atoms with Crippen LogP contribution in [-0.2, 0) is 37.4 Å². The molecule has 4 N–H and O–H groups in total. The SMILES string of the molecule is COc1ccc(CNc2ncnc3c2c(-c2ccn(C)n2)cn3[C@@H]2O[C@H](C(=O)N(CC[C@H](N)C(=O)O)C3CCN(C)CC3)[C@H]3OC(C)(C)O[C@H]32)c(OC)c1. The van der Waals surface area contributed by atoms with Crippen LogP contribution in [0.2, 0.25) is 0 Å². The molecule has 4 aromatic rings. The Hall–Kier alpha value is -4.81. The van der Waals surface area contributed by atoms with Crippen molar-refractivity contribution in [3.63, 3.8) is 0 Å². The van der Waals surface area contributed by atoms with Crippen molar-refractivity contribution in [1.29, 1.82) is 0 Å². The van der Waals surface area contributed by atoms with Crippen LogP contribution in [0.3, 0.4) is 0 Å². The number of nitrogens with zero attached hydrogens (tertiary/aromatic N) is 7. The molecule has 0 unspecified atom stereocenters. The van der Waals surface area contributed by atoms with E-state index in [2.05, 4.69) is 15.2 Å². The van der Waals surface area contributed by atoms with E-state index in [0.29, 0.717) is 40.6 Å². The quantitative estimate of drug-likeness (QED) is 0.181. The van der Waals surface area contributed by atoms with Crippen molar-refractivity contribution < 1.29 is 38.4 Å². The first-order chi connectivity index (χ1) is 25.9.